The molecular weight excluding hydrogens is 232 g/mol. The van der Waals surface area contributed by atoms with Gasteiger partial charge in [0.05, 0.1) is 0 Å². The van der Waals surface area contributed by atoms with Crippen molar-refractivity contribution in [3.8, 4) is 0 Å². The van der Waals surface area contributed by atoms with Gasteiger partial charge in [-0.25, -0.2) is 0 Å². The van der Waals surface area contributed by atoms with Crippen molar-refractivity contribution in [2.24, 2.45) is 0 Å². The first-order chi connectivity index (χ1) is 8.17. The quantitative estimate of drug-likeness (QED) is 0.795. The van der Waals surface area contributed by atoms with E-state index >= 15 is 0 Å². The van der Waals surface area contributed by atoms with Crippen LogP contribution in [0.25, 0.3) is 0 Å². The number of hydrogen-bond donors (Lipinski definition) is 1. The molecule has 96 valence electrons. The number of nitrogens with one attached hydrogen (secondary N) is 1. The molecule has 0 aromatic heterocycles. The largest absolute Gasteiger partial charge is 0.384 e. The minimum Gasteiger partial charge on any atom is -0.384 e. The molecule has 0 saturated carbocycles. The fourth-order valence-electron chi connectivity index (χ4n) is 1.86. The normalized spacial score (nSPS) is 12.8. The van der Waals surface area contributed by atoms with Gasteiger partial charge in [-0.2, -0.15) is 0 Å². The Bertz CT molecular complexity index is 311. The SMILES string of the molecule is CCC(C)N(CC)CCNc1ccc(Cl)cc1. The maximum Gasteiger partial charge on any atom is 0.0407 e. The van der Waals surface area contributed by atoms with Gasteiger partial charge in [-0.15, -0.1) is 0 Å². The first kappa shape index (κ1) is 14.3. The van der Waals surface area contributed by atoms with E-state index in [0.29, 0.717) is 6.04 Å². The molecule has 1 atom stereocenters. The third-order valence-corrected chi connectivity index (χ3v) is 3.44. The number of anilines is 1. The molecule has 1 N–H and O–H groups in total. The molecule has 1 aromatic rings. The van der Waals surface area contributed by atoms with Gasteiger partial charge < -0.3 is 5.32 Å². The van der Waals surface area contributed by atoms with Crippen LogP contribution in [0.5, 0.6) is 0 Å². The van der Waals surface area contributed by atoms with E-state index in [2.05, 4.69) is 31.0 Å². The van der Waals surface area contributed by atoms with E-state index in [0.717, 1.165) is 30.3 Å². The molecule has 0 aliphatic heterocycles. The highest BCUT2D eigenvalue weighted by Crippen LogP contribution is 2.13. The van der Waals surface area contributed by atoms with E-state index < -0.39 is 0 Å². The smallest absolute Gasteiger partial charge is 0.0407 e. The Kier molecular flexibility index (Phi) is 6.38. The van der Waals surface area contributed by atoms with Gasteiger partial charge in [0.1, 0.15) is 0 Å². The Morgan fingerprint density at radius 2 is 1.88 bits per heavy atom. The minimum absolute atomic E-state index is 0.659. The summed E-state index contributed by atoms with van der Waals surface area (Å²) in [5, 5.41) is 4.20. The molecule has 3 heteroatoms. The van der Waals surface area contributed by atoms with Crippen LogP contribution in [0.2, 0.25) is 5.02 Å². The van der Waals surface area contributed by atoms with Crippen LogP contribution >= 0.6 is 11.6 Å². The average Bonchev–Trinajstić information content (AvgIpc) is 2.36. The summed E-state index contributed by atoms with van der Waals surface area (Å²) < 4.78 is 0. The predicted molar refractivity (Wildman–Crippen MR) is 76.9 cm³/mol. The zero-order valence-corrected chi connectivity index (χ0v) is 11.8. The number of benzene rings is 1. The molecule has 1 aromatic carbocycles. The van der Waals surface area contributed by atoms with Crippen molar-refractivity contribution in [3.63, 3.8) is 0 Å². The molecule has 1 unspecified atom stereocenters. The van der Waals surface area contributed by atoms with E-state index in [9.17, 15) is 0 Å². The molecule has 17 heavy (non-hydrogen) atoms. The van der Waals surface area contributed by atoms with Crippen LogP contribution in [0.3, 0.4) is 0 Å². The topological polar surface area (TPSA) is 15.3 Å². The maximum atomic E-state index is 5.84. The van der Waals surface area contributed by atoms with Crippen molar-refractivity contribution in [2.45, 2.75) is 33.2 Å². The summed E-state index contributed by atoms with van der Waals surface area (Å²) in [5.74, 6) is 0. The molecule has 0 bridgehead atoms. The van der Waals surface area contributed by atoms with E-state index in [-0.39, 0.29) is 0 Å². The third kappa shape index (κ3) is 4.97. The summed E-state index contributed by atoms with van der Waals surface area (Å²) in [7, 11) is 0. The van der Waals surface area contributed by atoms with Gasteiger partial charge in [0.15, 0.2) is 0 Å². The molecular formula is C14H23ClN2. The molecule has 0 aliphatic rings. The van der Waals surface area contributed by atoms with Crippen LogP contribution in [0, 0.1) is 0 Å². The predicted octanol–water partition coefficient (Wildman–Crippen LogP) is 3.87. The third-order valence-electron chi connectivity index (χ3n) is 3.19. The molecule has 2 nitrogen and oxygen atoms in total. The summed E-state index contributed by atoms with van der Waals surface area (Å²) in [4.78, 5) is 2.49. The molecule has 0 saturated heterocycles. The highest BCUT2D eigenvalue weighted by molar-refractivity contribution is 6.30. The van der Waals surface area contributed by atoms with Crippen molar-refractivity contribution < 1.29 is 0 Å². The first-order valence-electron chi connectivity index (χ1n) is 6.40. The lowest BCUT2D eigenvalue weighted by Gasteiger charge is -2.27. The van der Waals surface area contributed by atoms with Gasteiger partial charge in [-0.05, 0) is 44.2 Å². The Morgan fingerprint density at radius 1 is 1.24 bits per heavy atom. The van der Waals surface area contributed by atoms with Crippen molar-refractivity contribution >= 4 is 17.3 Å². The average molecular weight is 255 g/mol. The van der Waals surface area contributed by atoms with Gasteiger partial charge in [-0.1, -0.05) is 25.4 Å². The highest BCUT2D eigenvalue weighted by atomic mass is 35.5. The number of halogens is 1. The summed E-state index contributed by atoms with van der Waals surface area (Å²) in [5.41, 5.74) is 1.13. The molecule has 0 amide bonds. The Hall–Kier alpha value is -0.730. The van der Waals surface area contributed by atoms with Gasteiger partial charge in [0.25, 0.3) is 0 Å². The molecule has 0 fully saturated rings. The van der Waals surface area contributed by atoms with Gasteiger partial charge in [0, 0.05) is 29.8 Å². The molecule has 0 spiro atoms. The van der Waals surface area contributed by atoms with Gasteiger partial charge >= 0.3 is 0 Å². The molecule has 0 aliphatic carbocycles. The van der Waals surface area contributed by atoms with E-state index in [1.54, 1.807) is 0 Å². The van der Waals surface area contributed by atoms with Crippen molar-refractivity contribution in [3.05, 3.63) is 29.3 Å². The highest BCUT2D eigenvalue weighted by Gasteiger charge is 2.08. The van der Waals surface area contributed by atoms with Crippen molar-refractivity contribution in [1.29, 1.82) is 0 Å². The lowest BCUT2D eigenvalue weighted by Crippen LogP contribution is -2.36. The standard InChI is InChI=1S/C14H23ClN2/c1-4-12(3)17(5-2)11-10-16-14-8-6-13(15)7-9-14/h6-9,12,16H,4-5,10-11H2,1-3H3. The lowest BCUT2D eigenvalue weighted by molar-refractivity contribution is 0.223. The van der Waals surface area contributed by atoms with Crippen molar-refractivity contribution in [1.82, 2.24) is 4.90 Å². The van der Waals surface area contributed by atoms with E-state index in [1.807, 2.05) is 24.3 Å². The summed E-state index contributed by atoms with van der Waals surface area (Å²) in [6.45, 7) is 9.89. The van der Waals surface area contributed by atoms with E-state index in [1.165, 1.54) is 6.42 Å². The van der Waals surface area contributed by atoms with E-state index in [4.69, 9.17) is 11.6 Å². The van der Waals surface area contributed by atoms with Crippen LogP contribution in [0.1, 0.15) is 27.2 Å². The van der Waals surface area contributed by atoms with Crippen LogP contribution < -0.4 is 5.32 Å². The number of rotatable bonds is 7. The second-order valence-electron chi connectivity index (χ2n) is 4.32. The van der Waals surface area contributed by atoms with Gasteiger partial charge in [-0.3, -0.25) is 4.90 Å². The Balaban J connectivity index is 2.33. The lowest BCUT2D eigenvalue weighted by atomic mass is 10.2. The molecule has 0 radical (unpaired) electrons. The van der Waals surface area contributed by atoms with Gasteiger partial charge in [0.2, 0.25) is 0 Å². The first-order valence-corrected chi connectivity index (χ1v) is 6.78. The second-order valence-corrected chi connectivity index (χ2v) is 4.76. The monoisotopic (exact) mass is 254 g/mol. The molecule has 1 rings (SSSR count). The number of hydrogen-bond acceptors (Lipinski definition) is 2. The summed E-state index contributed by atoms with van der Waals surface area (Å²) in [6, 6.07) is 8.52. The zero-order valence-electron chi connectivity index (χ0n) is 11.0. The van der Waals surface area contributed by atoms with Crippen molar-refractivity contribution in [2.75, 3.05) is 25.0 Å². The Labute approximate surface area is 110 Å². The van der Waals surface area contributed by atoms with Crippen LogP contribution in [-0.4, -0.2) is 30.6 Å². The Morgan fingerprint density at radius 3 is 2.41 bits per heavy atom. The zero-order chi connectivity index (χ0) is 12.7. The maximum absolute atomic E-state index is 5.84. The van der Waals surface area contributed by atoms with Crippen LogP contribution in [0.15, 0.2) is 24.3 Å². The summed E-state index contributed by atoms with van der Waals surface area (Å²) in [6.07, 6.45) is 1.20. The second kappa shape index (κ2) is 7.57. The van der Waals surface area contributed by atoms with Crippen LogP contribution in [-0.2, 0) is 0 Å². The number of nitrogens with zero attached hydrogens (tertiary/aromatic N) is 1. The fraction of sp³-hybridized carbons (Fsp3) is 0.571. The fourth-order valence-corrected chi connectivity index (χ4v) is 1.99. The molecule has 0 heterocycles. The number of likely N-dealkylation sites (N-methyl/N-ethyl adjacent to an activating group) is 1. The minimum atomic E-state index is 0.659. The summed E-state index contributed by atoms with van der Waals surface area (Å²) >= 11 is 5.84. The van der Waals surface area contributed by atoms with Crippen LogP contribution in [0.4, 0.5) is 5.69 Å².